The van der Waals surface area contributed by atoms with Crippen LogP contribution in [0.4, 0.5) is 9.93 Å². The summed E-state index contributed by atoms with van der Waals surface area (Å²) in [5.74, 6) is 0.825. The number of fused-ring (bicyclic) bond motifs is 3. The van der Waals surface area contributed by atoms with Crippen molar-refractivity contribution in [2.24, 2.45) is 0 Å². The van der Waals surface area contributed by atoms with Crippen LogP contribution in [0.3, 0.4) is 0 Å². The molecule has 1 N–H and O–H groups in total. The average molecular weight is 405 g/mol. The van der Waals surface area contributed by atoms with Crippen LogP contribution in [0.5, 0.6) is 5.75 Å². The number of anilines is 1. The Morgan fingerprint density at radius 3 is 2.79 bits per heavy atom. The Kier molecular flexibility index (Phi) is 4.83. The summed E-state index contributed by atoms with van der Waals surface area (Å²) in [7, 11) is 1.63. The highest BCUT2D eigenvalue weighted by Crippen LogP contribution is 2.39. The first-order valence-corrected chi connectivity index (χ1v) is 10.4. The number of carbonyl (C=O) groups is 1. The minimum absolute atomic E-state index is 0.114. The van der Waals surface area contributed by atoms with Gasteiger partial charge in [-0.15, -0.1) is 0 Å². The first kappa shape index (κ1) is 18.1. The number of nitrogens with one attached hydrogen (secondary N) is 1. The summed E-state index contributed by atoms with van der Waals surface area (Å²) in [5, 5.41) is 3.55. The third kappa shape index (κ3) is 3.22. The van der Waals surface area contributed by atoms with Gasteiger partial charge in [0.05, 0.1) is 57.0 Å². The molecule has 3 saturated heterocycles. The molecule has 2 amide bonds. The summed E-state index contributed by atoms with van der Waals surface area (Å²) >= 11 is 1.47. The number of morpholine rings is 1. The minimum atomic E-state index is -0.114. The molecule has 4 heterocycles. The SMILES string of the molecule is COc1ccc(C2COCCOC2)c2sc(NC(=O)N3C[C@@H]4C[C@H]3CO4)nc12. The van der Waals surface area contributed by atoms with E-state index in [0.717, 1.165) is 22.2 Å². The maximum Gasteiger partial charge on any atom is 0.324 e. The summed E-state index contributed by atoms with van der Waals surface area (Å²) in [6.07, 6.45) is 1.10. The van der Waals surface area contributed by atoms with E-state index in [2.05, 4.69) is 10.3 Å². The Hall–Kier alpha value is -1.94. The van der Waals surface area contributed by atoms with E-state index in [1.807, 2.05) is 17.0 Å². The fraction of sp³-hybridized carbons (Fsp3) is 0.579. The van der Waals surface area contributed by atoms with E-state index < -0.39 is 0 Å². The lowest BCUT2D eigenvalue weighted by atomic mass is 10.0. The summed E-state index contributed by atoms with van der Waals surface area (Å²) < 4.78 is 23.4. The third-order valence-electron chi connectivity index (χ3n) is 5.58. The Morgan fingerprint density at radius 2 is 2.11 bits per heavy atom. The van der Waals surface area contributed by atoms with Crippen molar-refractivity contribution >= 4 is 32.7 Å². The lowest BCUT2D eigenvalue weighted by Gasteiger charge is -2.26. The van der Waals surface area contributed by atoms with Gasteiger partial charge in [0.1, 0.15) is 11.3 Å². The zero-order valence-corrected chi connectivity index (χ0v) is 16.5. The van der Waals surface area contributed by atoms with Crippen molar-refractivity contribution in [3.63, 3.8) is 0 Å². The highest BCUT2D eigenvalue weighted by Gasteiger charge is 2.41. The Bertz CT molecular complexity index is 880. The molecule has 0 spiro atoms. The Balaban J connectivity index is 1.43. The number of likely N-dealkylation sites (tertiary alicyclic amines) is 1. The Labute approximate surface area is 166 Å². The number of benzene rings is 1. The summed E-state index contributed by atoms with van der Waals surface area (Å²) in [6.45, 7) is 3.71. The van der Waals surface area contributed by atoms with Crippen LogP contribution in [-0.2, 0) is 14.2 Å². The summed E-state index contributed by atoms with van der Waals surface area (Å²) in [4.78, 5) is 19.2. The van der Waals surface area contributed by atoms with Crippen LogP contribution in [0.2, 0.25) is 0 Å². The van der Waals surface area contributed by atoms with E-state index >= 15 is 0 Å². The molecule has 0 radical (unpaired) electrons. The molecule has 3 fully saturated rings. The number of carbonyl (C=O) groups excluding carboxylic acids is 1. The van der Waals surface area contributed by atoms with Crippen molar-refractivity contribution in [3.05, 3.63) is 17.7 Å². The van der Waals surface area contributed by atoms with Gasteiger partial charge in [-0.2, -0.15) is 0 Å². The molecule has 0 unspecified atom stereocenters. The van der Waals surface area contributed by atoms with Gasteiger partial charge in [0.15, 0.2) is 5.13 Å². The second kappa shape index (κ2) is 7.47. The van der Waals surface area contributed by atoms with E-state index in [-0.39, 0.29) is 24.1 Å². The number of amides is 2. The maximum atomic E-state index is 12.7. The van der Waals surface area contributed by atoms with Crippen LogP contribution in [-0.4, -0.2) is 74.7 Å². The minimum Gasteiger partial charge on any atom is -0.494 e. The predicted molar refractivity (Wildman–Crippen MR) is 104 cm³/mol. The van der Waals surface area contributed by atoms with Gasteiger partial charge in [-0.1, -0.05) is 17.4 Å². The number of ether oxygens (including phenoxy) is 4. The second-order valence-corrected chi connectivity index (χ2v) is 8.33. The largest absolute Gasteiger partial charge is 0.494 e. The molecule has 28 heavy (non-hydrogen) atoms. The van der Waals surface area contributed by atoms with Gasteiger partial charge < -0.3 is 23.8 Å². The van der Waals surface area contributed by atoms with Crippen molar-refractivity contribution in [2.45, 2.75) is 24.5 Å². The molecule has 2 bridgehead atoms. The second-order valence-electron chi connectivity index (χ2n) is 7.33. The normalized spacial score (nSPS) is 25.2. The van der Waals surface area contributed by atoms with Crippen LogP contribution in [0.25, 0.3) is 10.2 Å². The number of aromatic nitrogens is 1. The Morgan fingerprint density at radius 1 is 1.29 bits per heavy atom. The number of rotatable bonds is 3. The fourth-order valence-electron chi connectivity index (χ4n) is 4.15. The molecule has 150 valence electrons. The van der Waals surface area contributed by atoms with Gasteiger partial charge in [-0.3, -0.25) is 5.32 Å². The lowest BCUT2D eigenvalue weighted by molar-refractivity contribution is 0.0473. The van der Waals surface area contributed by atoms with E-state index in [1.54, 1.807) is 7.11 Å². The molecule has 0 aliphatic carbocycles. The average Bonchev–Trinajstić information content (AvgIpc) is 3.38. The molecular formula is C19H23N3O5S. The van der Waals surface area contributed by atoms with Crippen molar-refractivity contribution in [1.29, 1.82) is 0 Å². The number of nitrogens with zero attached hydrogens (tertiary/aromatic N) is 2. The van der Waals surface area contributed by atoms with Gasteiger partial charge in [0.2, 0.25) is 0 Å². The number of urea groups is 1. The lowest BCUT2D eigenvalue weighted by Crippen LogP contribution is -2.43. The van der Waals surface area contributed by atoms with E-state index in [9.17, 15) is 4.79 Å². The molecule has 0 saturated carbocycles. The van der Waals surface area contributed by atoms with Gasteiger partial charge in [0, 0.05) is 12.5 Å². The van der Waals surface area contributed by atoms with Crippen LogP contribution in [0, 0.1) is 0 Å². The van der Waals surface area contributed by atoms with Crippen LogP contribution in [0.15, 0.2) is 12.1 Å². The highest BCUT2D eigenvalue weighted by atomic mass is 32.1. The molecule has 2 aromatic rings. The van der Waals surface area contributed by atoms with Gasteiger partial charge in [0.25, 0.3) is 0 Å². The van der Waals surface area contributed by atoms with Crippen molar-refractivity contribution in [1.82, 2.24) is 9.88 Å². The van der Waals surface area contributed by atoms with Gasteiger partial charge in [-0.05, 0) is 18.1 Å². The zero-order chi connectivity index (χ0) is 19.1. The predicted octanol–water partition coefficient (Wildman–Crippen LogP) is 2.44. The van der Waals surface area contributed by atoms with Crippen molar-refractivity contribution < 1.29 is 23.7 Å². The molecule has 1 aromatic heterocycles. The number of hydrogen-bond acceptors (Lipinski definition) is 7. The van der Waals surface area contributed by atoms with Crippen LogP contribution < -0.4 is 10.1 Å². The smallest absolute Gasteiger partial charge is 0.324 e. The van der Waals surface area contributed by atoms with Gasteiger partial charge in [-0.25, -0.2) is 9.78 Å². The fourth-order valence-corrected chi connectivity index (χ4v) is 5.21. The van der Waals surface area contributed by atoms with Crippen LogP contribution >= 0.6 is 11.3 Å². The van der Waals surface area contributed by atoms with E-state index in [0.29, 0.717) is 50.5 Å². The monoisotopic (exact) mass is 405 g/mol. The summed E-state index contributed by atoms with van der Waals surface area (Å²) in [5.41, 5.74) is 1.88. The third-order valence-corrected chi connectivity index (χ3v) is 6.60. The van der Waals surface area contributed by atoms with E-state index in [4.69, 9.17) is 18.9 Å². The number of thiazole rings is 1. The number of methoxy groups -OCH3 is 1. The van der Waals surface area contributed by atoms with E-state index in [1.165, 1.54) is 11.3 Å². The first-order valence-electron chi connectivity index (χ1n) is 9.55. The number of hydrogen-bond donors (Lipinski definition) is 1. The summed E-state index contributed by atoms with van der Waals surface area (Å²) in [6, 6.07) is 4.02. The van der Waals surface area contributed by atoms with Gasteiger partial charge >= 0.3 is 6.03 Å². The van der Waals surface area contributed by atoms with Crippen molar-refractivity contribution in [2.75, 3.05) is 52.0 Å². The molecular weight excluding hydrogens is 382 g/mol. The zero-order valence-electron chi connectivity index (χ0n) is 15.7. The molecule has 2 atom stereocenters. The van der Waals surface area contributed by atoms with Crippen LogP contribution in [0.1, 0.15) is 17.9 Å². The standard InChI is InChI=1S/C19H23N3O5S/c1-24-15-3-2-14(11-8-25-4-5-26-9-11)17-16(15)20-18(28-17)21-19(23)22-7-13-6-12(22)10-27-13/h2-3,11-13H,4-10H2,1H3,(H,20,21,23)/t12-,13-/m0/s1. The topological polar surface area (TPSA) is 82.2 Å². The maximum absolute atomic E-state index is 12.7. The molecule has 5 rings (SSSR count). The molecule has 8 nitrogen and oxygen atoms in total. The molecule has 3 aliphatic heterocycles. The molecule has 9 heteroatoms. The quantitative estimate of drug-likeness (QED) is 0.845. The van der Waals surface area contributed by atoms with Crippen molar-refractivity contribution in [3.8, 4) is 5.75 Å². The highest BCUT2D eigenvalue weighted by molar-refractivity contribution is 7.22. The molecule has 1 aromatic carbocycles. The molecule has 3 aliphatic rings. The first-order chi connectivity index (χ1) is 13.7.